The number of hydrogen-bond donors (Lipinski definition) is 1. The fourth-order valence-electron chi connectivity index (χ4n) is 2.25. The maximum atomic E-state index is 12.8. The second-order valence-electron chi connectivity index (χ2n) is 4.79. The van der Waals surface area contributed by atoms with Crippen LogP contribution >= 0.6 is 47.0 Å². The highest BCUT2D eigenvalue weighted by Crippen LogP contribution is 2.28. The van der Waals surface area contributed by atoms with E-state index in [4.69, 9.17) is 47.0 Å². The molecule has 1 N–H and O–H groups in total. The average Bonchev–Trinajstić information content (AvgIpc) is 2.44. The summed E-state index contributed by atoms with van der Waals surface area (Å²) >= 11 is 23.7. The summed E-state index contributed by atoms with van der Waals surface area (Å²) in [6, 6.07) is 8.46. The highest BCUT2D eigenvalue weighted by atomic mass is 35.5. The molecule has 0 aliphatic carbocycles. The van der Waals surface area contributed by atoms with E-state index in [9.17, 15) is 4.79 Å². The number of nitrogens with zero attached hydrogens (tertiary/aromatic N) is 1. The second kappa shape index (κ2) is 5.70. The number of halogens is 3. The quantitative estimate of drug-likeness (QED) is 0.588. The van der Waals surface area contributed by atoms with Crippen molar-refractivity contribution in [2.75, 3.05) is 0 Å². The molecule has 1 aromatic heterocycles. The van der Waals surface area contributed by atoms with Crippen molar-refractivity contribution in [2.24, 2.45) is 0 Å². The number of nitrogens with one attached hydrogen (secondary N) is 1. The van der Waals surface area contributed by atoms with E-state index in [-0.39, 0.29) is 10.3 Å². The van der Waals surface area contributed by atoms with E-state index in [1.807, 2.05) is 6.92 Å². The molecular weight excluding hydrogens is 363 g/mol. The van der Waals surface area contributed by atoms with Gasteiger partial charge < -0.3 is 4.98 Å². The van der Waals surface area contributed by atoms with Gasteiger partial charge in [0, 0.05) is 5.02 Å². The SMILES string of the molecule is Cc1cc(-n2c(=S)[nH]c3cccc(Cl)c3c2=O)c(Cl)cc1Cl. The van der Waals surface area contributed by atoms with Crippen LogP contribution < -0.4 is 5.56 Å². The highest BCUT2D eigenvalue weighted by Gasteiger charge is 2.14. The Morgan fingerprint density at radius 2 is 1.82 bits per heavy atom. The first-order valence-electron chi connectivity index (χ1n) is 6.29. The molecule has 3 rings (SSSR count). The normalized spacial score (nSPS) is 11.1. The smallest absolute Gasteiger partial charge is 0.268 e. The predicted octanol–water partition coefficient (Wildman–Crippen LogP) is 5.32. The zero-order valence-corrected chi connectivity index (χ0v) is 14.4. The number of hydrogen-bond acceptors (Lipinski definition) is 2. The first kappa shape index (κ1) is 15.6. The molecule has 0 saturated heterocycles. The minimum Gasteiger partial charge on any atom is -0.331 e. The summed E-state index contributed by atoms with van der Waals surface area (Å²) in [6.45, 7) is 1.83. The minimum atomic E-state index is -0.326. The summed E-state index contributed by atoms with van der Waals surface area (Å²) in [4.78, 5) is 15.8. The first-order chi connectivity index (χ1) is 10.4. The van der Waals surface area contributed by atoms with Gasteiger partial charge in [-0.2, -0.15) is 0 Å². The largest absolute Gasteiger partial charge is 0.331 e. The van der Waals surface area contributed by atoms with E-state index in [0.29, 0.717) is 31.7 Å². The third kappa shape index (κ3) is 2.46. The van der Waals surface area contributed by atoms with Gasteiger partial charge in [0.15, 0.2) is 4.77 Å². The molecule has 0 aliphatic rings. The van der Waals surface area contributed by atoms with E-state index < -0.39 is 0 Å². The van der Waals surface area contributed by atoms with Gasteiger partial charge in [-0.25, -0.2) is 0 Å². The van der Waals surface area contributed by atoms with Gasteiger partial charge in [-0.1, -0.05) is 40.9 Å². The van der Waals surface area contributed by atoms with Gasteiger partial charge in [-0.05, 0) is 49.0 Å². The number of fused-ring (bicyclic) bond motifs is 1. The minimum absolute atomic E-state index is 0.239. The maximum absolute atomic E-state index is 12.8. The molecule has 3 aromatic rings. The van der Waals surface area contributed by atoms with Crippen LogP contribution in [0.15, 0.2) is 35.1 Å². The van der Waals surface area contributed by atoms with Crippen molar-refractivity contribution in [1.82, 2.24) is 9.55 Å². The summed E-state index contributed by atoms with van der Waals surface area (Å²) in [5.74, 6) is 0. The molecule has 22 heavy (non-hydrogen) atoms. The molecule has 0 fully saturated rings. The highest BCUT2D eigenvalue weighted by molar-refractivity contribution is 7.71. The van der Waals surface area contributed by atoms with Gasteiger partial charge in [0.25, 0.3) is 5.56 Å². The van der Waals surface area contributed by atoms with Gasteiger partial charge >= 0.3 is 0 Å². The van der Waals surface area contributed by atoms with Crippen LogP contribution in [0, 0.1) is 11.7 Å². The molecule has 0 unspecified atom stereocenters. The molecule has 0 spiro atoms. The van der Waals surface area contributed by atoms with E-state index in [1.54, 1.807) is 30.3 Å². The van der Waals surface area contributed by atoms with Gasteiger partial charge in [0.2, 0.25) is 0 Å². The van der Waals surface area contributed by atoms with Crippen LogP contribution in [0.5, 0.6) is 0 Å². The summed E-state index contributed by atoms with van der Waals surface area (Å²) in [5.41, 5.74) is 1.52. The van der Waals surface area contributed by atoms with E-state index in [2.05, 4.69) is 4.98 Å². The van der Waals surface area contributed by atoms with Crippen molar-refractivity contribution in [2.45, 2.75) is 6.92 Å². The number of aromatic amines is 1. The fraction of sp³-hybridized carbons (Fsp3) is 0.0667. The van der Waals surface area contributed by atoms with Crippen molar-refractivity contribution in [3.05, 3.63) is 66.1 Å². The molecule has 0 bridgehead atoms. The predicted molar refractivity (Wildman–Crippen MR) is 94.5 cm³/mol. The van der Waals surface area contributed by atoms with Crippen LogP contribution in [-0.2, 0) is 0 Å². The van der Waals surface area contributed by atoms with Crippen LogP contribution in [0.25, 0.3) is 16.6 Å². The Balaban J connectivity index is 2.47. The zero-order chi connectivity index (χ0) is 16.0. The summed E-state index contributed by atoms with van der Waals surface area (Å²) in [7, 11) is 0. The molecule has 112 valence electrons. The Hall–Kier alpha value is -1.33. The van der Waals surface area contributed by atoms with Crippen LogP contribution in [0.1, 0.15) is 5.56 Å². The molecule has 0 saturated carbocycles. The monoisotopic (exact) mass is 370 g/mol. The molecule has 0 radical (unpaired) electrons. The van der Waals surface area contributed by atoms with Crippen molar-refractivity contribution >= 4 is 57.9 Å². The average molecular weight is 372 g/mol. The van der Waals surface area contributed by atoms with E-state index in [0.717, 1.165) is 5.56 Å². The molecule has 7 heteroatoms. The summed E-state index contributed by atoms with van der Waals surface area (Å²) in [5, 5.41) is 1.57. The zero-order valence-electron chi connectivity index (χ0n) is 11.3. The lowest BCUT2D eigenvalue weighted by atomic mass is 10.2. The number of aromatic nitrogens is 2. The van der Waals surface area contributed by atoms with E-state index in [1.165, 1.54) is 4.57 Å². The van der Waals surface area contributed by atoms with Crippen LogP contribution in [-0.4, -0.2) is 9.55 Å². The van der Waals surface area contributed by atoms with Gasteiger partial charge in [-0.15, -0.1) is 0 Å². The molecule has 0 atom stereocenters. The number of rotatable bonds is 1. The second-order valence-corrected chi connectivity index (χ2v) is 6.39. The standard InChI is InChI=1S/C15H9Cl3N2OS/c1-7-5-12(10(18)6-9(7)17)20-14(21)13-8(16)3-2-4-11(13)19-15(20)22/h2-6H,1H3,(H,19,22). The molecule has 0 aliphatic heterocycles. The van der Waals surface area contributed by atoms with Gasteiger partial charge in [0.1, 0.15) is 0 Å². The van der Waals surface area contributed by atoms with Crippen molar-refractivity contribution in [1.29, 1.82) is 0 Å². The van der Waals surface area contributed by atoms with Crippen molar-refractivity contribution in [3.8, 4) is 5.69 Å². The van der Waals surface area contributed by atoms with Crippen molar-refractivity contribution in [3.63, 3.8) is 0 Å². The molecular formula is C15H9Cl3N2OS. The summed E-state index contributed by atoms with van der Waals surface area (Å²) < 4.78 is 1.57. The maximum Gasteiger partial charge on any atom is 0.268 e. The van der Waals surface area contributed by atoms with Gasteiger partial charge in [-0.3, -0.25) is 9.36 Å². The molecule has 2 aromatic carbocycles. The lowest BCUT2D eigenvalue weighted by Crippen LogP contribution is -2.21. The Kier molecular flexibility index (Phi) is 4.03. The first-order valence-corrected chi connectivity index (χ1v) is 7.84. The molecule has 3 nitrogen and oxygen atoms in total. The fourth-order valence-corrected chi connectivity index (χ4v) is 3.27. The number of H-pyrrole nitrogens is 1. The third-order valence-corrected chi connectivity index (χ3v) is 4.65. The molecule has 0 amide bonds. The number of aryl methyl sites for hydroxylation is 1. The summed E-state index contributed by atoms with van der Waals surface area (Å²) in [6.07, 6.45) is 0. The van der Waals surface area contributed by atoms with Crippen LogP contribution in [0.2, 0.25) is 15.1 Å². The Bertz CT molecular complexity index is 1020. The number of benzene rings is 2. The topological polar surface area (TPSA) is 37.8 Å². The van der Waals surface area contributed by atoms with Crippen LogP contribution in [0.3, 0.4) is 0 Å². The third-order valence-electron chi connectivity index (χ3n) is 3.34. The van der Waals surface area contributed by atoms with Crippen LogP contribution in [0.4, 0.5) is 0 Å². The Morgan fingerprint density at radius 3 is 2.55 bits per heavy atom. The Morgan fingerprint density at radius 1 is 1.09 bits per heavy atom. The van der Waals surface area contributed by atoms with Crippen molar-refractivity contribution < 1.29 is 0 Å². The molecule has 1 heterocycles. The van der Waals surface area contributed by atoms with Gasteiger partial charge in [0.05, 0.1) is 26.6 Å². The van der Waals surface area contributed by atoms with E-state index >= 15 is 0 Å². The Labute approximate surface area is 146 Å². The lowest BCUT2D eigenvalue weighted by molar-refractivity contribution is 0.938. The lowest BCUT2D eigenvalue weighted by Gasteiger charge is -2.12.